The average Bonchev–Trinajstić information content (AvgIpc) is 3.02. The summed E-state index contributed by atoms with van der Waals surface area (Å²) in [5, 5.41) is 5.09. The molecule has 0 saturated carbocycles. The molecule has 2 aliphatic heterocycles. The fourth-order valence-electron chi connectivity index (χ4n) is 3.79. The maximum absolute atomic E-state index is 12.5. The lowest BCUT2D eigenvalue weighted by Crippen LogP contribution is -2.51. The largest absolute Gasteiger partial charge is 0.349 e. The molecule has 23 heavy (non-hydrogen) atoms. The highest BCUT2D eigenvalue weighted by Gasteiger charge is 2.40. The lowest BCUT2D eigenvalue weighted by Gasteiger charge is -2.35. The third kappa shape index (κ3) is 3.61. The first-order valence-corrected chi connectivity index (χ1v) is 10.8. The Balaban J connectivity index is 1.64. The van der Waals surface area contributed by atoms with Crippen LogP contribution >= 0.6 is 11.3 Å². The van der Waals surface area contributed by atoms with Crippen molar-refractivity contribution in [2.45, 2.75) is 44.7 Å². The zero-order chi connectivity index (χ0) is 16.7. The van der Waals surface area contributed by atoms with Crippen molar-refractivity contribution in [1.29, 1.82) is 0 Å². The molecular weight excluding hydrogens is 332 g/mol. The summed E-state index contributed by atoms with van der Waals surface area (Å²) in [6.45, 7) is 5.20. The second kappa shape index (κ2) is 6.18. The van der Waals surface area contributed by atoms with Gasteiger partial charge in [0.1, 0.15) is 0 Å². The molecule has 5 nitrogen and oxygen atoms in total. The Kier molecular flexibility index (Phi) is 4.55. The molecule has 128 valence electrons. The standard InChI is InChI=1S/C16H24N2O3S2/c1-3-13-12-5-8-22-14(12)4-7-18(13)10-15(19)17-16(2)6-9-23(20,21)11-16/h5,8,13H,3-4,6-7,9-11H2,1-2H3,(H,17,19)/t13-,16-/m1/s1. The van der Waals surface area contributed by atoms with E-state index in [0.29, 0.717) is 13.0 Å². The number of thiophene rings is 1. The number of rotatable bonds is 4. The SMILES string of the molecule is CC[C@@H]1c2ccsc2CCN1CC(=O)N[C@]1(C)CCS(=O)(=O)C1. The van der Waals surface area contributed by atoms with Gasteiger partial charge >= 0.3 is 0 Å². The van der Waals surface area contributed by atoms with E-state index in [-0.39, 0.29) is 23.5 Å². The molecule has 1 aromatic heterocycles. The number of amides is 1. The van der Waals surface area contributed by atoms with Crippen LogP contribution in [0.5, 0.6) is 0 Å². The highest BCUT2D eigenvalue weighted by Crippen LogP contribution is 2.35. The van der Waals surface area contributed by atoms with E-state index in [1.54, 1.807) is 11.3 Å². The van der Waals surface area contributed by atoms with E-state index in [2.05, 4.69) is 28.6 Å². The summed E-state index contributed by atoms with van der Waals surface area (Å²) in [4.78, 5) is 16.1. The van der Waals surface area contributed by atoms with Gasteiger partial charge in [0.25, 0.3) is 0 Å². The molecular formula is C16H24N2O3S2. The van der Waals surface area contributed by atoms with Crippen LogP contribution in [-0.4, -0.2) is 49.4 Å². The second-order valence-corrected chi connectivity index (χ2v) is 10.1. The minimum Gasteiger partial charge on any atom is -0.349 e. The van der Waals surface area contributed by atoms with E-state index in [1.165, 1.54) is 10.4 Å². The number of hydrogen-bond acceptors (Lipinski definition) is 5. The molecule has 0 aliphatic carbocycles. The fourth-order valence-corrected chi connectivity index (χ4v) is 6.81. The van der Waals surface area contributed by atoms with Crippen LogP contribution in [0.25, 0.3) is 0 Å². The fraction of sp³-hybridized carbons (Fsp3) is 0.688. The first-order chi connectivity index (χ1) is 10.8. The van der Waals surface area contributed by atoms with E-state index in [9.17, 15) is 13.2 Å². The predicted octanol–water partition coefficient (Wildman–Crippen LogP) is 1.75. The van der Waals surface area contributed by atoms with Crippen LogP contribution in [0, 0.1) is 0 Å². The van der Waals surface area contributed by atoms with Crippen LogP contribution in [0.15, 0.2) is 11.4 Å². The molecule has 1 saturated heterocycles. The van der Waals surface area contributed by atoms with Crippen LogP contribution in [0.1, 0.15) is 43.2 Å². The zero-order valence-electron chi connectivity index (χ0n) is 13.7. The van der Waals surface area contributed by atoms with Gasteiger partial charge < -0.3 is 5.32 Å². The first kappa shape index (κ1) is 16.9. The Morgan fingerprint density at radius 3 is 2.96 bits per heavy atom. The molecule has 0 radical (unpaired) electrons. The molecule has 2 atom stereocenters. The minimum absolute atomic E-state index is 0.0532. The van der Waals surface area contributed by atoms with E-state index in [0.717, 1.165) is 19.4 Å². The van der Waals surface area contributed by atoms with E-state index < -0.39 is 15.4 Å². The van der Waals surface area contributed by atoms with Gasteiger partial charge in [-0.15, -0.1) is 11.3 Å². The maximum atomic E-state index is 12.5. The molecule has 1 amide bonds. The summed E-state index contributed by atoms with van der Waals surface area (Å²) in [5.74, 6) is 0.155. The number of nitrogens with one attached hydrogen (secondary N) is 1. The molecule has 1 aromatic rings. The van der Waals surface area contributed by atoms with Crippen LogP contribution in [-0.2, 0) is 21.1 Å². The van der Waals surface area contributed by atoms with Gasteiger partial charge in [-0.2, -0.15) is 0 Å². The van der Waals surface area contributed by atoms with Crippen molar-refractivity contribution < 1.29 is 13.2 Å². The molecule has 3 heterocycles. The summed E-state index contributed by atoms with van der Waals surface area (Å²) in [6.07, 6.45) is 2.47. The van der Waals surface area contributed by atoms with Crippen molar-refractivity contribution in [2.24, 2.45) is 0 Å². The number of carbonyl (C=O) groups is 1. The highest BCUT2D eigenvalue weighted by atomic mass is 32.2. The quantitative estimate of drug-likeness (QED) is 0.893. The monoisotopic (exact) mass is 356 g/mol. The molecule has 0 aromatic carbocycles. The number of carbonyl (C=O) groups excluding carboxylic acids is 1. The van der Waals surface area contributed by atoms with Crippen molar-refractivity contribution in [2.75, 3.05) is 24.6 Å². The molecule has 0 unspecified atom stereocenters. The number of fused-ring (bicyclic) bond motifs is 1. The lowest BCUT2D eigenvalue weighted by molar-refractivity contribution is -0.124. The summed E-state index contributed by atoms with van der Waals surface area (Å²) in [5.41, 5.74) is 0.743. The summed E-state index contributed by atoms with van der Waals surface area (Å²) in [6, 6.07) is 2.46. The Hall–Kier alpha value is -0.920. The molecule has 2 aliphatic rings. The number of hydrogen-bond donors (Lipinski definition) is 1. The topological polar surface area (TPSA) is 66.5 Å². The predicted molar refractivity (Wildman–Crippen MR) is 92.4 cm³/mol. The van der Waals surface area contributed by atoms with Crippen molar-refractivity contribution in [3.8, 4) is 0 Å². The van der Waals surface area contributed by atoms with Gasteiger partial charge in [-0.3, -0.25) is 9.69 Å². The van der Waals surface area contributed by atoms with Gasteiger partial charge in [0.2, 0.25) is 5.91 Å². The van der Waals surface area contributed by atoms with Gasteiger partial charge in [-0.25, -0.2) is 8.42 Å². The van der Waals surface area contributed by atoms with Gasteiger partial charge in [0.15, 0.2) is 9.84 Å². The molecule has 0 bridgehead atoms. The van der Waals surface area contributed by atoms with Gasteiger partial charge in [0, 0.05) is 17.5 Å². The maximum Gasteiger partial charge on any atom is 0.234 e. The number of nitrogens with zero attached hydrogens (tertiary/aromatic N) is 1. The smallest absolute Gasteiger partial charge is 0.234 e. The van der Waals surface area contributed by atoms with Crippen molar-refractivity contribution in [3.05, 3.63) is 21.9 Å². The summed E-state index contributed by atoms with van der Waals surface area (Å²) in [7, 11) is -3.01. The molecule has 0 spiro atoms. The van der Waals surface area contributed by atoms with E-state index in [1.807, 2.05) is 6.92 Å². The molecule has 1 N–H and O–H groups in total. The second-order valence-electron chi connectivity index (χ2n) is 6.89. The van der Waals surface area contributed by atoms with Crippen LogP contribution in [0.4, 0.5) is 0 Å². The van der Waals surface area contributed by atoms with E-state index >= 15 is 0 Å². The third-order valence-corrected chi connectivity index (χ3v) is 7.78. The molecule has 1 fully saturated rings. The van der Waals surface area contributed by atoms with Gasteiger partial charge in [-0.1, -0.05) is 6.92 Å². The van der Waals surface area contributed by atoms with Crippen molar-refractivity contribution in [3.63, 3.8) is 0 Å². The zero-order valence-corrected chi connectivity index (χ0v) is 15.3. The van der Waals surface area contributed by atoms with E-state index in [4.69, 9.17) is 0 Å². The van der Waals surface area contributed by atoms with Crippen molar-refractivity contribution in [1.82, 2.24) is 10.2 Å². The van der Waals surface area contributed by atoms with Crippen LogP contribution in [0.2, 0.25) is 0 Å². The van der Waals surface area contributed by atoms with Gasteiger partial charge in [0.05, 0.1) is 23.6 Å². The number of sulfone groups is 1. The Morgan fingerprint density at radius 2 is 2.30 bits per heavy atom. The van der Waals surface area contributed by atoms with Gasteiger partial charge in [-0.05, 0) is 43.2 Å². The normalized spacial score (nSPS) is 30.1. The highest BCUT2D eigenvalue weighted by molar-refractivity contribution is 7.91. The van der Waals surface area contributed by atoms with Crippen LogP contribution in [0.3, 0.4) is 0 Å². The van der Waals surface area contributed by atoms with Crippen molar-refractivity contribution >= 4 is 27.1 Å². The summed E-state index contributed by atoms with van der Waals surface area (Å²) >= 11 is 1.80. The molecule has 7 heteroatoms. The average molecular weight is 357 g/mol. The Bertz CT molecular complexity index is 698. The Labute approximate surface area is 142 Å². The molecule has 3 rings (SSSR count). The first-order valence-electron chi connectivity index (χ1n) is 8.14. The summed E-state index contributed by atoms with van der Waals surface area (Å²) < 4.78 is 23.3. The third-order valence-electron chi connectivity index (χ3n) is 4.88. The minimum atomic E-state index is -3.01. The van der Waals surface area contributed by atoms with Crippen LogP contribution < -0.4 is 5.32 Å². The Morgan fingerprint density at radius 1 is 1.52 bits per heavy atom. The lowest BCUT2D eigenvalue weighted by atomic mass is 9.97.